The van der Waals surface area contributed by atoms with Crippen LogP contribution in [0.5, 0.6) is 0 Å². The molecule has 0 radical (unpaired) electrons. The third-order valence-corrected chi connectivity index (χ3v) is 5.89. The molecule has 30 heavy (non-hydrogen) atoms. The van der Waals surface area contributed by atoms with Crippen molar-refractivity contribution >= 4 is 39.1 Å². The van der Waals surface area contributed by atoms with Gasteiger partial charge in [0.1, 0.15) is 0 Å². The van der Waals surface area contributed by atoms with Crippen LogP contribution in [-0.2, 0) is 0 Å². The largest absolute Gasteiger partial charge is 0.322 e. The van der Waals surface area contributed by atoms with Crippen LogP contribution in [0.1, 0.15) is 61.9 Å². The second-order valence-corrected chi connectivity index (χ2v) is 8.16. The SMILES string of the molecule is CC(=O)c1c(C(C)=O)c(C)n(-c2ccc(C)c(NC(=O)c3ccccc3Br)c2)c1C. The fourth-order valence-corrected chi connectivity index (χ4v) is 4.27. The average molecular weight is 467 g/mol. The van der Waals surface area contributed by atoms with E-state index in [4.69, 9.17) is 0 Å². The van der Waals surface area contributed by atoms with Gasteiger partial charge in [-0.2, -0.15) is 0 Å². The van der Waals surface area contributed by atoms with Gasteiger partial charge in [0.2, 0.25) is 0 Å². The summed E-state index contributed by atoms with van der Waals surface area (Å²) in [5, 5.41) is 2.97. The molecular weight excluding hydrogens is 444 g/mol. The van der Waals surface area contributed by atoms with Crippen molar-refractivity contribution in [3.8, 4) is 5.69 Å². The summed E-state index contributed by atoms with van der Waals surface area (Å²) in [5.74, 6) is -0.513. The van der Waals surface area contributed by atoms with E-state index in [1.165, 1.54) is 13.8 Å². The van der Waals surface area contributed by atoms with Crippen molar-refractivity contribution < 1.29 is 14.4 Å². The predicted molar refractivity (Wildman–Crippen MR) is 122 cm³/mol. The lowest BCUT2D eigenvalue weighted by Crippen LogP contribution is -2.14. The third kappa shape index (κ3) is 3.87. The molecule has 0 atom stereocenters. The van der Waals surface area contributed by atoms with E-state index in [-0.39, 0.29) is 17.5 Å². The number of halogens is 1. The summed E-state index contributed by atoms with van der Waals surface area (Å²) in [6.45, 7) is 8.51. The van der Waals surface area contributed by atoms with Gasteiger partial charge in [0.25, 0.3) is 5.91 Å². The minimum atomic E-state index is -0.225. The zero-order valence-corrected chi connectivity index (χ0v) is 19.2. The van der Waals surface area contributed by atoms with Crippen LogP contribution in [0, 0.1) is 20.8 Å². The number of anilines is 1. The van der Waals surface area contributed by atoms with Crippen LogP contribution in [0.3, 0.4) is 0 Å². The van der Waals surface area contributed by atoms with E-state index in [9.17, 15) is 14.4 Å². The standard InChI is InChI=1S/C24H23BrN2O3/c1-13-10-11-18(12-21(13)26-24(30)19-8-6-7-9-20(19)25)27-14(2)22(16(4)28)23(15(27)3)17(5)29/h6-12H,1-5H3,(H,26,30). The Morgan fingerprint density at radius 2 is 1.43 bits per heavy atom. The molecule has 6 heteroatoms. The van der Waals surface area contributed by atoms with E-state index in [0.29, 0.717) is 38.2 Å². The number of hydrogen-bond acceptors (Lipinski definition) is 3. The predicted octanol–water partition coefficient (Wildman–Crippen LogP) is 5.82. The number of rotatable bonds is 5. The Hall–Kier alpha value is -2.99. The number of hydrogen-bond donors (Lipinski definition) is 1. The Morgan fingerprint density at radius 1 is 0.867 bits per heavy atom. The minimum Gasteiger partial charge on any atom is -0.322 e. The maximum absolute atomic E-state index is 12.8. The van der Waals surface area contributed by atoms with Crippen LogP contribution in [0.4, 0.5) is 5.69 Å². The third-order valence-electron chi connectivity index (χ3n) is 5.19. The monoisotopic (exact) mass is 466 g/mol. The van der Waals surface area contributed by atoms with E-state index < -0.39 is 0 Å². The topological polar surface area (TPSA) is 68.2 Å². The fraction of sp³-hybridized carbons (Fsp3) is 0.208. The van der Waals surface area contributed by atoms with Gasteiger partial charge in [-0.05, 0) is 80.4 Å². The van der Waals surface area contributed by atoms with Gasteiger partial charge < -0.3 is 9.88 Å². The smallest absolute Gasteiger partial charge is 0.256 e. The molecule has 154 valence electrons. The van der Waals surface area contributed by atoms with Gasteiger partial charge in [-0.1, -0.05) is 18.2 Å². The number of amides is 1. The van der Waals surface area contributed by atoms with Crippen LogP contribution in [-0.4, -0.2) is 22.0 Å². The van der Waals surface area contributed by atoms with Crippen molar-refractivity contribution in [3.63, 3.8) is 0 Å². The zero-order chi connectivity index (χ0) is 22.2. The highest BCUT2D eigenvalue weighted by Gasteiger charge is 2.24. The number of nitrogens with one attached hydrogen (secondary N) is 1. The van der Waals surface area contributed by atoms with Gasteiger partial charge in [-0.3, -0.25) is 14.4 Å². The molecule has 0 saturated heterocycles. The molecule has 5 nitrogen and oxygen atoms in total. The molecule has 1 amide bonds. The van der Waals surface area contributed by atoms with Crippen LogP contribution >= 0.6 is 15.9 Å². The van der Waals surface area contributed by atoms with Crippen LogP contribution in [0.2, 0.25) is 0 Å². The Balaban J connectivity index is 2.09. The summed E-state index contributed by atoms with van der Waals surface area (Å²) in [4.78, 5) is 37.2. The number of aromatic nitrogens is 1. The quantitative estimate of drug-likeness (QED) is 0.481. The van der Waals surface area contributed by atoms with Crippen molar-refractivity contribution in [1.82, 2.24) is 4.57 Å². The first-order valence-corrected chi connectivity index (χ1v) is 10.3. The maximum Gasteiger partial charge on any atom is 0.256 e. The van der Waals surface area contributed by atoms with Crippen LogP contribution in [0.15, 0.2) is 46.9 Å². The summed E-state index contributed by atoms with van der Waals surface area (Å²) < 4.78 is 2.60. The number of nitrogens with zero attached hydrogens (tertiary/aromatic N) is 1. The van der Waals surface area contributed by atoms with Crippen molar-refractivity contribution in [2.75, 3.05) is 5.32 Å². The molecule has 0 spiro atoms. The first kappa shape index (κ1) is 21.7. The van der Waals surface area contributed by atoms with Crippen LogP contribution in [0.25, 0.3) is 5.69 Å². The van der Waals surface area contributed by atoms with Gasteiger partial charge in [-0.15, -0.1) is 0 Å². The number of ketones is 2. The maximum atomic E-state index is 12.8. The fourth-order valence-electron chi connectivity index (χ4n) is 3.80. The molecule has 0 aliphatic carbocycles. The van der Waals surface area contributed by atoms with Gasteiger partial charge in [0.05, 0.1) is 5.56 Å². The van der Waals surface area contributed by atoms with Crippen molar-refractivity contribution in [3.05, 3.63) is 80.6 Å². The molecule has 0 fully saturated rings. The lowest BCUT2D eigenvalue weighted by Gasteiger charge is -2.15. The van der Waals surface area contributed by atoms with E-state index in [0.717, 1.165) is 11.3 Å². The minimum absolute atomic E-state index is 0.144. The number of Topliss-reactive ketones (excluding diaryl/α,β-unsaturated/α-hetero) is 2. The lowest BCUT2D eigenvalue weighted by molar-refractivity contribution is 0.0981. The highest BCUT2D eigenvalue weighted by molar-refractivity contribution is 9.10. The molecule has 0 saturated carbocycles. The first-order valence-electron chi connectivity index (χ1n) is 9.54. The zero-order valence-electron chi connectivity index (χ0n) is 17.6. The molecule has 3 rings (SSSR count). The normalized spacial score (nSPS) is 10.7. The van der Waals surface area contributed by atoms with Gasteiger partial charge in [0, 0.05) is 38.4 Å². The van der Waals surface area contributed by atoms with Gasteiger partial charge in [-0.25, -0.2) is 0 Å². The molecule has 2 aromatic carbocycles. The summed E-state index contributed by atoms with van der Waals surface area (Å²) >= 11 is 3.41. The van der Waals surface area contributed by atoms with E-state index in [2.05, 4.69) is 21.2 Å². The molecule has 3 aromatic rings. The van der Waals surface area contributed by atoms with Crippen LogP contribution < -0.4 is 5.32 Å². The summed E-state index contributed by atoms with van der Waals surface area (Å²) in [6, 6.07) is 12.9. The average Bonchev–Trinajstić information content (AvgIpc) is 2.94. The number of benzene rings is 2. The van der Waals surface area contributed by atoms with E-state index in [1.807, 2.05) is 61.7 Å². The van der Waals surface area contributed by atoms with Gasteiger partial charge >= 0.3 is 0 Å². The lowest BCUT2D eigenvalue weighted by atomic mass is 10.0. The molecule has 0 bridgehead atoms. The van der Waals surface area contributed by atoms with Crippen molar-refractivity contribution in [1.29, 1.82) is 0 Å². The molecular formula is C24H23BrN2O3. The summed E-state index contributed by atoms with van der Waals surface area (Å²) in [6.07, 6.45) is 0. The Labute approximate surface area is 184 Å². The van der Waals surface area contributed by atoms with E-state index >= 15 is 0 Å². The highest BCUT2D eigenvalue weighted by Crippen LogP contribution is 2.30. The molecule has 1 aromatic heterocycles. The molecule has 1 N–H and O–H groups in total. The first-order chi connectivity index (χ1) is 14.1. The Morgan fingerprint density at radius 3 is 1.97 bits per heavy atom. The molecule has 1 heterocycles. The Bertz CT molecular complexity index is 1150. The van der Waals surface area contributed by atoms with Crippen molar-refractivity contribution in [2.24, 2.45) is 0 Å². The second kappa shape index (κ2) is 8.40. The van der Waals surface area contributed by atoms with Crippen molar-refractivity contribution in [2.45, 2.75) is 34.6 Å². The summed E-state index contributed by atoms with van der Waals surface area (Å²) in [7, 11) is 0. The number of carbonyl (C=O) groups excluding carboxylic acids is 3. The molecule has 0 aliphatic rings. The highest BCUT2D eigenvalue weighted by atomic mass is 79.9. The number of aryl methyl sites for hydroxylation is 1. The molecule has 0 unspecified atom stereocenters. The van der Waals surface area contributed by atoms with E-state index in [1.54, 1.807) is 6.07 Å². The number of carbonyl (C=O) groups is 3. The summed E-state index contributed by atoms with van der Waals surface area (Å²) in [5.41, 5.74) is 5.17. The van der Waals surface area contributed by atoms with Gasteiger partial charge in [0.15, 0.2) is 11.6 Å². The molecule has 0 aliphatic heterocycles. The second-order valence-electron chi connectivity index (χ2n) is 7.30. The Kier molecular flexibility index (Phi) is 6.08.